The van der Waals surface area contributed by atoms with Gasteiger partial charge in [-0.1, -0.05) is 66.7 Å². The van der Waals surface area contributed by atoms with Crippen LogP contribution < -0.4 is 9.47 Å². The zero-order valence-corrected chi connectivity index (χ0v) is 27.1. The maximum atomic E-state index is 12.9. The molecule has 0 aromatic heterocycles. The molecule has 1 aliphatic rings. The Kier molecular flexibility index (Phi) is 12.8. The molecule has 3 aromatic carbocycles. The second kappa shape index (κ2) is 17.0. The van der Waals surface area contributed by atoms with E-state index in [-0.39, 0.29) is 24.1 Å². The second-order valence-corrected chi connectivity index (χ2v) is 11.8. The van der Waals surface area contributed by atoms with Crippen LogP contribution in [0.25, 0.3) is 0 Å². The Morgan fingerprint density at radius 2 is 1.40 bits per heavy atom. The van der Waals surface area contributed by atoms with Gasteiger partial charge in [0.2, 0.25) is 0 Å². The van der Waals surface area contributed by atoms with Crippen molar-refractivity contribution in [3.8, 4) is 11.5 Å². The minimum atomic E-state index is -0.493. The van der Waals surface area contributed by atoms with E-state index in [1.807, 2.05) is 112 Å². The van der Waals surface area contributed by atoms with Crippen molar-refractivity contribution in [1.82, 2.24) is 0 Å². The van der Waals surface area contributed by atoms with Gasteiger partial charge in [0, 0.05) is 24.3 Å². The predicted octanol–water partition coefficient (Wildman–Crippen LogP) is 7.63. The Labute approximate surface area is 267 Å². The number of rotatable bonds is 17. The number of carbonyl (C=O) groups is 1. The Morgan fingerprint density at radius 3 is 2.02 bits per heavy atom. The molecule has 0 aliphatic carbocycles. The summed E-state index contributed by atoms with van der Waals surface area (Å²) in [6.07, 6.45) is 5.59. The highest BCUT2D eigenvalue weighted by atomic mass is 16.5. The number of ketones is 1. The molecule has 3 atom stereocenters. The summed E-state index contributed by atoms with van der Waals surface area (Å²) >= 11 is 0. The van der Waals surface area contributed by atoms with Crippen molar-refractivity contribution >= 4 is 5.78 Å². The van der Waals surface area contributed by atoms with Crippen molar-refractivity contribution in [2.24, 2.45) is 5.41 Å². The molecule has 0 fully saturated rings. The summed E-state index contributed by atoms with van der Waals surface area (Å²) in [5.41, 5.74) is 2.69. The van der Waals surface area contributed by atoms with Crippen LogP contribution in [0.4, 0.5) is 0 Å². The minimum absolute atomic E-state index is 0.0465. The van der Waals surface area contributed by atoms with Crippen LogP contribution in [0.3, 0.4) is 0 Å². The summed E-state index contributed by atoms with van der Waals surface area (Å²) in [6, 6.07) is 25.7. The Balaban J connectivity index is 1.36. The van der Waals surface area contributed by atoms with E-state index in [0.717, 1.165) is 28.2 Å². The SMILES string of the molecule is COc1ccc(COC/C=C/C(C)(C)C2=CC(=O)C[C@@H](CC(OCc3ccc(OC)cc3)[C@H](C)OCc3ccccc3)O2)cc1. The highest BCUT2D eigenvalue weighted by Gasteiger charge is 2.33. The molecule has 0 radical (unpaired) electrons. The van der Waals surface area contributed by atoms with Crippen LogP contribution in [0.15, 0.2) is 103 Å². The molecule has 0 spiro atoms. The number of ether oxygens (including phenoxy) is 6. The van der Waals surface area contributed by atoms with E-state index >= 15 is 0 Å². The Morgan fingerprint density at radius 1 is 0.822 bits per heavy atom. The molecule has 0 N–H and O–H groups in total. The summed E-state index contributed by atoms with van der Waals surface area (Å²) in [4.78, 5) is 12.9. The van der Waals surface area contributed by atoms with Gasteiger partial charge < -0.3 is 28.4 Å². The summed E-state index contributed by atoms with van der Waals surface area (Å²) in [7, 11) is 3.30. The predicted molar refractivity (Wildman–Crippen MR) is 175 cm³/mol. The topological polar surface area (TPSA) is 72.5 Å². The fraction of sp³-hybridized carbons (Fsp3) is 0.395. The molecule has 240 valence electrons. The molecule has 7 heteroatoms. The largest absolute Gasteiger partial charge is 0.497 e. The molecular formula is C38H46O7. The summed E-state index contributed by atoms with van der Waals surface area (Å²) in [5.74, 6) is 2.30. The number of carbonyl (C=O) groups excluding carboxylic acids is 1. The fourth-order valence-corrected chi connectivity index (χ4v) is 5.03. The monoisotopic (exact) mass is 614 g/mol. The number of hydrogen-bond donors (Lipinski definition) is 0. The van der Waals surface area contributed by atoms with Gasteiger partial charge in [-0.05, 0) is 61.7 Å². The third-order valence-electron chi connectivity index (χ3n) is 7.82. The lowest BCUT2D eigenvalue weighted by atomic mass is 9.87. The standard InChI is InChI=1S/C38H46O7/c1-28(43-26-29-10-7-6-8-11-29)36(44-27-31-14-18-34(41-5)19-15-31)24-35-22-32(39)23-37(45-35)38(2,3)20-9-21-42-25-30-12-16-33(40-4)17-13-30/h6-20,23,28,35-36H,21-22,24-27H2,1-5H3/b20-9+/t28-,35-,36?/m0/s1. The van der Waals surface area contributed by atoms with Gasteiger partial charge in [-0.15, -0.1) is 0 Å². The maximum Gasteiger partial charge on any atom is 0.162 e. The molecular weight excluding hydrogens is 568 g/mol. The molecule has 45 heavy (non-hydrogen) atoms. The van der Waals surface area contributed by atoms with E-state index in [9.17, 15) is 4.79 Å². The van der Waals surface area contributed by atoms with Crippen LogP contribution in [0.2, 0.25) is 0 Å². The second-order valence-electron chi connectivity index (χ2n) is 11.8. The zero-order valence-electron chi connectivity index (χ0n) is 27.1. The molecule has 0 saturated heterocycles. The van der Waals surface area contributed by atoms with Crippen molar-refractivity contribution in [2.45, 2.75) is 71.7 Å². The smallest absolute Gasteiger partial charge is 0.162 e. The van der Waals surface area contributed by atoms with Crippen LogP contribution in [-0.2, 0) is 43.6 Å². The normalized spacial score (nSPS) is 16.6. The molecule has 0 bridgehead atoms. The summed E-state index contributed by atoms with van der Waals surface area (Å²) < 4.78 is 35.5. The van der Waals surface area contributed by atoms with E-state index in [4.69, 9.17) is 28.4 Å². The van der Waals surface area contributed by atoms with Crippen LogP contribution in [0.5, 0.6) is 11.5 Å². The first-order valence-electron chi connectivity index (χ1n) is 15.5. The van der Waals surface area contributed by atoms with Crippen molar-refractivity contribution in [3.05, 3.63) is 120 Å². The molecule has 1 heterocycles. The van der Waals surface area contributed by atoms with E-state index in [0.29, 0.717) is 45.0 Å². The van der Waals surface area contributed by atoms with Crippen molar-refractivity contribution in [3.63, 3.8) is 0 Å². The van der Waals surface area contributed by atoms with Crippen LogP contribution >= 0.6 is 0 Å². The quantitative estimate of drug-likeness (QED) is 0.114. The maximum absolute atomic E-state index is 12.9. The zero-order chi connectivity index (χ0) is 32.1. The van der Waals surface area contributed by atoms with Crippen LogP contribution in [0.1, 0.15) is 50.3 Å². The molecule has 4 rings (SSSR count). The van der Waals surface area contributed by atoms with Gasteiger partial charge in [-0.3, -0.25) is 4.79 Å². The van der Waals surface area contributed by atoms with Gasteiger partial charge in [0.05, 0.1) is 52.9 Å². The van der Waals surface area contributed by atoms with Crippen LogP contribution in [-0.4, -0.2) is 44.9 Å². The first-order valence-corrected chi connectivity index (χ1v) is 15.5. The van der Waals surface area contributed by atoms with Gasteiger partial charge >= 0.3 is 0 Å². The number of allylic oxidation sites excluding steroid dienone is 2. The van der Waals surface area contributed by atoms with Gasteiger partial charge in [0.15, 0.2) is 5.78 Å². The van der Waals surface area contributed by atoms with Crippen molar-refractivity contribution in [2.75, 3.05) is 20.8 Å². The molecule has 3 aromatic rings. The van der Waals surface area contributed by atoms with E-state index in [2.05, 4.69) is 0 Å². The van der Waals surface area contributed by atoms with E-state index in [1.54, 1.807) is 20.3 Å². The average Bonchev–Trinajstić information content (AvgIpc) is 3.06. The highest BCUT2D eigenvalue weighted by molar-refractivity contribution is 5.91. The lowest BCUT2D eigenvalue weighted by Crippen LogP contribution is -2.36. The fourth-order valence-electron chi connectivity index (χ4n) is 5.03. The van der Waals surface area contributed by atoms with Gasteiger partial charge in [0.1, 0.15) is 23.4 Å². The Bertz CT molecular complexity index is 1380. The van der Waals surface area contributed by atoms with Crippen molar-refractivity contribution < 1.29 is 33.2 Å². The average molecular weight is 615 g/mol. The summed E-state index contributed by atoms with van der Waals surface area (Å²) in [6.45, 7) is 7.91. The lowest BCUT2D eigenvalue weighted by Gasteiger charge is -2.34. The molecule has 0 amide bonds. The molecule has 7 nitrogen and oxygen atoms in total. The molecule has 1 unspecified atom stereocenters. The minimum Gasteiger partial charge on any atom is -0.497 e. The summed E-state index contributed by atoms with van der Waals surface area (Å²) in [5, 5.41) is 0. The van der Waals surface area contributed by atoms with E-state index in [1.165, 1.54) is 0 Å². The third-order valence-corrected chi connectivity index (χ3v) is 7.82. The van der Waals surface area contributed by atoms with Crippen LogP contribution in [0, 0.1) is 5.41 Å². The number of methoxy groups -OCH3 is 2. The van der Waals surface area contributed by atoms with Gasteiger partial charge in [0.25, 0.3) is 0 Å². The van der Waals surface area contributed by atoms with Gasteiger partial charge in [-0.25, -0.2) is 0 Å². The number of hydrogen-bond acceptors (Lipinski definition) is 7. The molecule has 0 saturated carbocycles. The first-order chi connectivity index (χ1) is 21.8. The lowest BCUT2D eigenvalue weighted by molar-refractivity contribution is -0.123. The number of benzene rings is 3. The molecule has 1 aliphatic heterocycles. The first kappa shape index (κ1) is 34.0. The highest BCUT2D eigenvalue weighted by Crippen LogP contribution is 2.35. The third kappa shape index (κ3) is 10.9. The van der Waals surface area contributed by atoms with E-state index < -0.39 is 5.41 Å². The Hall–Kier alpha value is -3.91. The van der Waals surface area contributed by atoms with Gasteiger partial charge in [-0.2, -0.15) is 0 Å². The van der Waals surface area contributed by atoms with Crippen molar-refractivity contribution in [1.29, 1.82) is 0 Å².